The SMILES string of the molecule is Cc1ccccc1C#Cc1cccs1. The van der Waals surface area contributed by atoms with E-state index < -0.39 is 0 Å². The highest BCUT2D eigenvalue weighted by molar-refractivity contribution is 7.10. The zero-order valence-electron chi connectivity index (χ0n) is 7.95. The summed E-state index contributed by atoms with van der Waals surface area (Å²) in [6.07, 6.45) is 0. The first-order valence-electron chi connectivity index (χ1n) is 4.47. The average molecular weight is 198 g/mol. The van der Waals surface area contributed by atoms with E-state index >= 15 is 0 Å². The molecule has 2 aromatic rings. The Morgan fingerprint density at radius 3 is 2.57 bits per heavy atom. The van der Waals surface area contributed by atoms with Crippen LogP contribution in [0.2, 0.25) is 0 Å². The second kappa shape index (κ2) is 4.13. The molecule has 0 aliphatic heterocycles. The maximum atomic E-state index is 3.18. The minimum Gasteiger partial charge on any atom is -0.135 e. The van der Waals surface area contributed by atoms with Crippen LogP contribution in [0.5, 0.6) is 0 Å². The Morgan fingerprint density at radius 1 is 1.00 bits per heavy atom. The predicted molar refractivity (Wildman–Crippen MR) is 61.5 cm³/mol. The van der Waals surface area contributed by atoms with E-state index in [-0.39, 0.29) is 0 Å². The standard InChI is InChI=1S/C13H10S/c1-11-5-2-3-6-12(11)8-9-13-7-4-10-14-13/h2-7,10H,1H3. The van der Waals surface area contributed by atoms with Gasteiger partial charge in [-0.1, -0.05) is 36.1 Å². The molecule has 0 fully saturated rings. The quantitative estimate of drug-likeness (QED) is 0.569. The van der Waals surface area contributed by atoms with Gasteiger partial charge in [0.05, 0.1) is 4.88 Å². The van der Waals surface area contributed by atoms with Crippen LogP contribution in [-0.2, 0) is 0 Å². The van der Waals surface area contributed by atoms with Crippen LogP contribution < -0.4 is 0 Å². The van der Waals surface area contributed by atoms with Crippen molar-refractivity contribution in [3.05, 3.63) is 57.8 Å². The van der Waals surface area contributed by atoms with E-state index in [1.54, 1.807) is 11.3 Å². The third kappa shape index (κ3) is 2.04. The summed E-state index contributed by atoms with van der Waals surface area (Å²) >= 11 is 1.67. The van der Waals surface area contributed by atoms with Gasteiger partial charge in [0.1, 0.15) is 0 Å². The first kappa shape index (κ1) is 9.05. The van der Waals surface area contributed by atoms with Gasteiger partial charge in [0.15, 0.2) is 0 Å². The number of benzene rings is 1. The molecule has 1 heteroatoms. The van der Waals surface area contributed by atoms with Crippen LogP contribution in [0, 0.1) is 18.8 Å². The number of aryl methyl sites for hydroxylation is 1. The Hall–Kier alpha value is -1.52. The fourth-order valence-electron chi connectivity index (χ4n) is 1.19. The van der Waals surface area contributed by atoms with Gasteiger partial charge in [0.25, 0.3) is 0 Å². The largest absolute Gasteiger partial charge is 0.135 e. The van der Waals surface area contributed by atoms with Crippen molar-refractivity contribution in [3.8, 4) is 11.8 Å². The molecule has 0 N–H and O–H groups in total. The summed E-state index contributed by atoms with van der Waals surface area (Å²) in [5.41, 5.74) is 2.34. The number of hydrogen-bond acceptors (Lipinski definition) is 1. The summed E-state index contributed by atoms with van der Waals surface area (Å²) < 4.78 is 0. The highest BCUT2D eigenvalue weighted by Crippen LogP contribution is 2.08. The third-order valence-corrected chi connectivity index (χ3v) is 2.77. The molecule has 0 amide bonds. The van der Waals surface area contributed by atoms with Crippen molar-refractivity contribution in [3.63, 3.8) is 0 Å². The van der Waals surface area contributed by atoms with Crippen LogP contribution in [0.3, 0.4) is 0 Å². The summed E-state index contributed by atoms with van der Waals surface area (Å²) in [5, 5.41) is 2.04. The first-order chi connectivity index (χ1) is 6.86. The molecule has 0 aliphatic carbocycles. The number of rotatable bonds is 0. The molecule has 0 nitrogen and oxygen atoms in total. The highest BCUT2D eigenvalue weighted by Gasteiger charge is 1.90. The molecule has 1 heterocycles. The van der Waals surface area contributed by atoms with Crippen LogP contribution in [-0.4, -0.2) is 0 Å². The maximum absolute atomic E-state index is 3.18. The van der Waals surface area contributed by atoms with Gasteiger partial charge >= 0.3 is 0 Å². The van der Waals surface area contributed by atoms with Crippen LogP contribution in [0.15, 0.2) is 41.8 Å². The molecule has 0 bridgehead atoms. The summed E-state index contributed by atoms with van der Waals surface area (Å²) in [5.74, 6) is 6.33. The van der Waals surface area contributed by atoms with E-state index in [0.717, 1.165) is 10.4 Å². The molecule has 1 aromatic carbocycles. The maximum Gasteiger partial charge on any atom is 0.0772 e. The highest BCUT2D eigenvalue weighted by atomic mass is 32.1. The van der Waals surface area contributed by atoms with Crippen LogP contribution >= 0.6 is 11.3 Å². The van der Waals surface area contributed by atoms with Gasteiger partial charge in [-0.2, -0.15) is 0 Å². The summed E-state index contributed by atoms with van der Waals surface area (Å²) in [6.45, 7) is 2.08. The predicted octanol–water partition coefficient (Wildman–Crippen LogP) is 3.46. The van der Waals surface area contributed by atoms with Crippen molar-refractivity contribution in [1.29, 1.82) is 0 Å². The molecule has 0 saturated carbocycles. The molecule has 0 radical (unpaired) electrons. The van der Waals surface area contributed by atoms with Crippen molar-refractivity contribution < 1.29 is 0 Å². The molecular weight excluding hydrogens is 188 g/mol. The van der Waals surface area contributed by atoms with Gasteiger partial charge in [-0.15, -0.1) is 11.3 Å². The monoisotopic (exact) mass is 198 g/mol. The molecule has 0 spiro atoms. The van der Waals surface area contributed by atoms with Gasteiger partial charge < -0.3 is 0 Å². The van der Waals surface area contributed by atoms with Crippen molar-refractivity contribution in [1.82, 2.24) is 0 Å². The fourth-order valence-corrected chi connectivity index (χ4v) is 1.76. The average Bonchev–Trinajstić information content (AvgIpc) is 2.69. The minimum atomic E-state index is 1.11. The molecule has 14 heavy (non-hydrogen) atoms. The van der Waals surface area contributed by atoms with Crippen LogP contribution in [0.25, 0.3) is 0 Å². The molecule has 68 valence electrons. The topological polar surface area (TPSA) is 0 Å². The van der Waals surface area contributed by atoms with Crippen molar-refractivity contribution in [2.45, 2.75) is 6.92 Å². The van der Waals surface area contributed by atoms with E-state index in [1.807, 2.05) is 29.6 Å². The summed E-state index contributed by atoms with van der Waals surface area (Å²) in [6, 6.07) is 12.2. The van der Waals surface area contributed by atoms with Gasteiger partial charge in [0, 0.05) is 5.56 Å². The van der Waals surface area contributed by atoms with E-state index in [4.69, 9.17) is 0 Å². The normalized spacial score (nSPS) is 9.21. The Bertz CT molecular complexity index is 469. The molecule has 2 rings (SSSR count). The molecular formula is C13H10S. The Labute approximate surface area is 88.2 Å². The molecule has 1 aromatic heterocycles. The number of hydrogen-bond donors (Lipinski definition) is 0. The van der Waals surface area contributed by atoms with Gasteiger partial charge in [0.2, 0.25) is 0 Å². The van der Waals surface area contributed by atoms with Gasteiger partial charge in [-0.3, -0.25) is 0 Å². The lowest BCUT2D eigenvalue weighted by atomic mass is 10.1. The minimum absolute atomic E-state index is 1.11. The molecule has 0 unspecified atom stereocenters. The smallest absolute Gasteiger partial charge is 0.0772 e. The molecule has 0 aliphatic rings. The second-order valence-electron chi connectivity index (χ2n) is 3.04. The fraction of sp³-hybridized carbons (Fsp3) is 0.0769. The van der Waals surface area contributed by atoms with E-state index in [2.05, 4.69) is 30.9 Å². The Kier molecular flexibility index (Phi) is 2.67. The van der Waals surface area contributed by atoms with Crippen LogP contribution in [0.1, 0.15) is 16.0 Å². The molecule has 0 saturated heterocycles. The summed E-state index contributed by atoms with van der Waals surface area (Å²) in [7, 11) is 0. The van der Waals surface area contributed by atoms with Gasteiger partial charge in [-0.25, -0.2) is 0 Å². The molecule has 0 atom stereocenters. The van der Waals surface area contributed by atoms with E-state index in [1.165, 1.54) is 5.56 Å². The lowest BCUT2D eigenvalue weighted by molar-refractivity contribution is 1.44. The van der Waals surface area contributed by atoms with E-state index in [9.17, 15) is 0 Å². The van der Waals surface area contributed by atoms with Crippen LogP contribution in [0.4, 0.5) is 0 Å². The lowest BCUT2D eigenvalue weighted by Gasteiger charge is -1.94. The zero-order chi connectivity index (χ0) is 9.80. The van der Waals surface area contributed by atoms with Gasteiger partial charge in [-0.05, 0) is 30.0 Å². The first-order valence-corrected chi connectivity index (χ1v) is 5.35. The van der Waals surface area contributed by atoms with Crippen molar-refractivity contribution >= 4 is 11.3 Å². The van der Waals surface area contributed by atoms with Crippen molar-refractivity contribution in [2.75, 3.05) is 0 Å². The Balaban J connectivity index is 2.31. The number of thiophene rings is 1. The third-order valence-electron chi connectivity index (χ3n) is 1.99. The van der Waals surface area contributed by atoms with Crippen molar-refractivity contribution in [2.24, 2.45) is 0 Å². The summed E-state index contributed by atoms with van der Waals surface area (Å²) in [4.78, 5) is 1.12. The lowest BCUT2D eigenvalue weighted by Crippen LogP contribution is -1.79. The Morgan fingerprint density at radius 2 is 1.86 bits per heavy atom. The zero-order valence-corrected chi connectivity index (χ0v) is 8.77. The second-order valence-corrected chi connectivity index (χ2v) is 3.99. The van der Waals surface area contributed by atoms with E-state index in [0.29, 0.717) is 0 Å².